The van der Waals surface area contributed by atoms with E-state index in [-0.39, 0.29) is 17.9 Å². The molecular weight excluding hydrogens is 296 g/mol. The van der Waals surface area contributed by atoms with Crippen LogP contribution in [0.25, 0.3) is 0 Å². The number of amides is 1. The Hall–Kier alpha value is -2.18. The average molecular weight is 318 g/mol. The first-order chi connectivity index (χ1) is 11.1. The highest BCUT2D eigenvalue weighted by molar-refractivity contribution is 5.92. The molecule has 0 aromatic carbocycles. The highest BCUT2D eigenvalue weighted by atomic mass is 16.4. The Kier molecular flexibility index (Phi) is 4.73. The van der Waals surface area contributed by atoms with E-state index in [0.29, 0.717) is 37.3 Å². The van der Waals surface area contributed by atoms with Crippen molar-refractivity contribution in [2.24, 2.45) is 5.92 Å². The Bertz CT molecular complexity index is 578. The van der Waals surface area contributed by atoms with Gasteiger partial charge >= 0.3 is 5.97 Å². The average Bonchev–Trinajstić information content (AvgIpc) is 3.10. The van der Waals surface area contributed by atoms with Crippen LogP contribution in [0, 0.1) is 5.92 Å². The van der Waals surface area contributed by atoms with E-state index in [9.17, 15) is 9.59 Å². The first-order valence-electron chi connectivity index (χ1n) is 8.25. The molecule has 1 saturated carbocycles. The van der Waals surface area contributed by atoms with Crippen LogP contribution in [-0.2, 0) is 4.79 Å². The van der Waals surface area contributed by atoms with E-state index in [1.165, 1.54) is 0 Å². The monoisotopic (exact) mass is 318 g/mol. The fourth-order valence-corrected chi connectivity index (χ4v) is 3.29. The third-order valence-electron chi connectivity index (χ3n) is 4.68. The van der Waals surface area contributed by atoms with E-state index in [1.54, 1.807) is 12.3 Å². The van der Waals surface area contributed by atoms with Crippen molar-refractivity contribution >= 4 is 17.8 Å². The number of carboxylic acid groups (broad SMARTS) is 1. The van der Waals surface area contributed by atoms with Crippen LogP contribution in [0.15, 0.2) is 12.3 Å². The standard InChI is InChI=1S/C16H22N4O3/c21-14(18-12-5-3-11(4-6-12)15(22)23)13-7-8-17-16(19-13)20-9-1-2-10-20/h7-8,11-12H,1-6,9-10H2,(H,18,21)(H,22,23). The predicted octanol–water partition coefficient (Wildman–Crippen LogP) is 1.45. The van der Waals surface area contributed by atoms with Crippen molar-refractivity contribution in [1.29, 1.82) is 0 Å². The first kappa shape index (κ1) is 15.7. The van der Waals surface area contributed by atoms with Gasteiger partial charge in [-0.05, 0) is 44.6 Å². The van der Waals surface area contributed by atoms with Crippen LogP contribution < -0.4 is 10.2 Å². The van der Waals surface area contributed by atoms with Gasteiger partial charge in [0.15, 0.2) is 0 Å². The number of carbonyl (C=O) groups is 2. The minimum absolute atomic E-state index is 0.0308. The molecule has 0 unspecified atom stereocenters. The molecule has 7 heteroatoms. The molecule has 0 radical (unpaired) electrons. The van der Waals surface area contributed by atoms with Crippen LogP contribution >= 0.6 is 0 Å². The number of anilines is 1. The van der Waals surface area contributed by atoms with Crippen LogP contribution in [0.4, 0.5) is 5.95 Å². The summed E-state index contributed by atoms with van der Waals surface area (Å²) in [5.41, 5.74) is 0.377. The molecule has 124 valence electrons. The number of carbonyl (C=O) groups excluding carboxylic acids is 1. The lowest BCUT2D eigenvalue weighted by Crippen LogP contribution is -2.39. The molecule has 7 nitrogen and oxygen atoms in total. The summed E-state index contributed by atoms with van der Waals surface area (Å²) in [6.07, 6.45) is 6.52. The third kappa shape index (κ3) is 3.78. The van der Waals surface area contributed by atoms with Gasteiger partial charge in [-0.15, -0.1) is 0 Å². The van der Waals surface area contributed by atoms with Crippen LogP contribution in [0.2, 0.25) is 0 Å². The zero-order chi connectivity index (χ0) is 16.2. The zero-order valence-electron chi connectivity index (χ0n) is 13.1. The Morgan fingerprint density at radius 1 is 1.17 bits per heavy atom. The van der Waals surface area contributed by atoms with Gasteiger partial charge in [0.25, 0.3) is 5.91 Å². The SMILES string of the molecule is O=C(NC1CCC(C(=O)O)CC1)c1ccnc(N2CCCC2)n1. The van der Waals surface area contributed by atoms with E-state index in [4.69, 9.17) is 5.11 Å². The second kappa shape index (κ2) is 6.93. The second-order valence-corrected chi connectivity index (χ2v) is 6.30. The number of nitrogens with one attached hydrogen (secondary N) is 1. The lowest BCUT2D eigenvalue weighted by atomic mass is 9.86. The molecule has 1 amide bonds. The van der Waals surface area contributed by atoms with Gasteiger partial charge in [0.2, 0.25) is 5.95 Å². The summed E-state index contributed by atoms with van der Waals surface area (Å²) in [6, 6.07) is 1.65. The molecule has 2 heterocycles. The number of hydrogen-bond acceptors (Lipinski definition) is 5. The quantitative estimate of drug-likeness (QED) is 0.872. The Morgan fingerprint density at radius 3 is 2.52 bits per heavy atom. The molecule has 1 aromatic rings. The van der Waals surface area contributed by atoms with Gasteiger partial charge in [-0.2, -0.15) is 0 Å². The molecule has 2 fully saturated rings. The van der Waals surface area contributed by atoms with Crippen molar-refractivity contribution < 1.29 is 14.7 Å². The number of aliphatic carboxylic acids is 1. The van der Waals surface area contributed by atoms with E-state index in [0.717, 1.165) is 25.9 Å². The fraction of sp³-hybridized carbons (Fsp3) is 0.625. The van der Waals surface area contributed by atoms with Crippen LogP contribution in [0.3, 0.4) is 0 Å². The lowest BCUT2D eigenvalue weighted by molar-refractivity contribution is -0.142. The summed E-state index contributed by atoms with van der Waals surface area (Å²) in [6.45, 7) is 1.87. The van der Waals surface area contributed by atoms with Crippen molar-refractivity contribution in [1.82, 2.24) is 15.3 Å². The summed E-state index contributed by atoms with van der Waals surface area (Å²) in [7, 11) is 0. The van der Waals surface area contributed by atoms with Crippen LogP contribution in [-0.4, -0.2) is 46.1 Å². The summed E-state index contributed by atoms with van der Waals surface area (Å²) >= 11 is 0. The maximum atomic E-state index is 12.4. The number of hydrogen-bond donors (Lipinski definition) is 2. The highest BCUT2D eigenvalue weighted by Crippen LogP contribution is 2.24. The third-order valence-corrected chi connectivity index (χ3v) is 4.68. The van der Waals surface area contributed by atoms with E-state index >= 15 is 0 Å². The molecular formula is C16H22N4O3. The molecule has 2 aliphatic rings. The Labute approximate surface area is 135 Å². The first-order valence-corrected chi connectivity index (χ1v) is 8.25. The van der Waals surface area contributed by atoms with Gasteiger partial charge in [0.1, 0.15) is 5.69 Å². The van der Waals surface area contributed by atoms with Gasteiger partial charge in [-0.25, -0.2) is 9.97 Å². The van der Waals surface area contributed by atoms with E-state index in [1.807, 2.05) is 0 Å². The molecule has 0 spiro atoms. The molecule has 2 N–H and O–H groups in total. The normalized spacial score (nSPS) is 24.4. The fourth-order valence-electron chi connectivity index (χ4n) is 3.29. The molecule has 0 bridgehead atoms. The maximum Gasteiger partial charge on any atom is 0.306 e. The predicted molar refractivity (Wildman–Crippen MR) is 84.3 cm³/mol. The molecule has 1 aromatic heterocycles. The number of aromatic nitrogens is 2. The minimum Gasteiger partial charge on any atom is -0.481 e. The lowest BCUT2D eigenvalue weighted by Gasteiger charge is -2.26. The maximum absolute atomic E-state index is 12.4. The molecule has 3 rings (SSSR count). The molecule has 1 aliphatic heterocycles. The summed E-state index contributed by atoms with van der Waals surface area (Å²) in [4.78, 5) is 34.0. The van der Waals surface area contributed by atoms with Gasteiger partial charge < -0.3 is 15.3 Å². The summed E-state index contributed by atoms with van der Waals surface area (Å²) < 4.78 is 0. The Balaban J connectivity index is 1.58. The molecule has 0 atom stereocenters. The smallest absolute Gasteiger partial charge is 0.306 e. The molecule has 1 aliphatic carbocycles. The summed E-state index contributed by atoms with van der Waals surface area (Å²) in [5, 5.41) is 12.0. The van der Waals surface area contributed by atoms with Crippen molar-refractivity contribution in [3.63, 3.8) is 0 Å². The number of nitrogens with zero attached hydrogens (tertiary/aromatic N) is 3. The second-order valence-electron chi connectivity index (χ2n) is 6.30. The number of rotatable bonds is 4. The van der Waals surface area contributed by atoms with Crippen molar-refractivity contribution in [2.45, 2.75) is 44.6 Å². The topological polar surface area (TPSA) is 95.4 Å². The summed E-state index contributed by atoms with van der Waals surface area (Å²) in [5.74, 6) is -0.596. The molecule has 23 heavy (non-hydrogen) atoms. The Morgan fingerprint density at radius 2 is 1.87 bits per heavy atom. The highest BCUT2D eigenvalue weighted by Gasteiger charge is 2.27. The van der Waals surface area contributed by atoms with Gasteiger partial charge in [0, 0.05) is 25.3 Å². The van der Waals surface area contributed by atoms with Crippen LogP contribution in [0.5, 0.6) is 0 Å². The van der Waals surface area contributed by atoms with E-state index < -0.39 is 5.97 Å². The van der Waals surface area contributed by atoms with Gasteiger partial charge in [-0.3, -0.25) is 9.59 Å². The largest absolute Gasteiger partial charge is 0.481 e. The van der Waals surface area contributed by atoms with Crippen LogP contribution in [0.1, 0.15) is 49.0 Å². The van der Waals surface area contributed by atoms with Crippen molar-refractivity contribution in [2.75, 3.05) is 18.0 Å². The molecule has 1 saturated heterocycles. The van der Waals surface area contributed by atoms with Gasteiger partial charge in [-0.1, -0.05) is 0 Å². The zero-order valence-corrected chi connectivity index (χ0v) is 13.1. The number of carboxylic acids is 1. The van der Waals surface area contributed by atoms with Crippen molar-refractivity contribution in [3.8, 4) is 0 Å². The minimum atomic E-state index is -0.735. The van der Waals surface area contributed by atoms with E-state index in [2.05, 4.69) is 20.2 Å². The van der Waals surface area contributed by atoms with Crippen molar-refractivity contribution in [3.05, 3.63) is 18.0 Å². The van der Waals surface area contributed by atoms with Gasteiger partial charge in [0.05, 0.1) is 5.92 Å².